The molecule has 148 valence electrons. The van der Waals surface area contributed by atoms with Gasteiger partial charge in [0, 0.05) is 37.9 Å². The summed E-state index contributed by atoms with van der Waals surface area (Å²) in [6.45, 7) is 2.58. The molecule has 0 unspecified atom stereocenters. The molecule has 1 aliphatic carbocycles. The third-order valence-corrected chi connectivity index (χ3v) is 6.89. The molecule has 5 nitrogen and oxygen atoms in total. The number of nitrogens with one attached hydrogen (secondary N) is 1. The first-order valence-electron chi connectivity index (χ1n) is 10.0. The summed E-state index contributed by atoms with van der Waals surface area (Å²) in [4.78, 5) is 19.3. The first-order chi connectivity index (χ1) is 13.0. The number of pyridine rings is 1. The molecule has 1 spiro atoms. The number of hydrogen-bond donors (Lipinski definition) is 1. The van der Waals surface area contributed by atoms with Gasteiger partial charge in [0.15, 0.2) is 0 Å². The van der Waals surface area contributed by atoms with E-state index in [1.165, 1.54) is 0 Å². The number of halogens is 2. The summed E-state index contributed by atoms with van der Waals surface area (Å²) in [5.74, 6) is 1.16. The number of amides is 1. The van der Waals surface area contributed by atoms with E-state index >= 15 is 0 Å². The lowest BCUT2D eigenvalue weighted by Gasteiger charge is -2.40. The average Bonchev–Trinajstić information content (AvgIpc) is 3.13. The molecule has 3 aliphatic rings. The third kappa shape index (κ3) is 4.36. The van der Waals surface area contributed by atoms with E-state index < -0.39 is 0 Å². The Kier molecular flexibility index (Phi) is 5.81. The standard InChI is InChI=1S/C20H27Cl2N3O2/c21-15-12-17(22)18(23-13-15)24-16-4-2-14(3-5-16)19(26)25-9-7-20(8-10-25)6-1-11-27-20/h12-14,16H,1-11H2,(H,23,24). The Morgan fingerprint density at radius 3 is 2.56 bits per heavy atom. The van der Waals surface area contributed by atoms with Gasteiger partial charge in [-0.3, -0.25) is 4.79 Å². The number of carbonyl (C=O) groups excluding carboxylic acids is 1. The highest BCUT2D eigenvalue weighted by molar-refractivity contribution is 6.35. The van der Waals surface area contributed by atoms with Crippen LogP contribution in [0.1, 0.15) is 51.4 Å². The number of nitrogens with zero attached hydrogens (tertiary/aromatic N) is 2. The summed E-state index contributed by atoms with van der Waals surface area (Å²) < 4.78 is 5.97. The zero-order chi connectivity index (χ0) is 18.9. The van der Waals surface area contributed by atoms with Crippen molar-refractivity contribution in [3.8, 4) is 0 Å². The predicted octanol–water partition coefficient (Wildman–Crippen LogP) is 4.53. The van der Waals surface area contributed by atoms with Crippen LogP contribution in [0.5, 0.6) is 0 Å². The molecule has 0 atom stereocenters. The van der Waals surface area contributed by atoms with Gasteiger partial charge in [-0.25, -0.2) is 4.98 Å². The van der Waals surface area contributed by atoms with Crippen molar-refractivity contribution < 1.29 is 9.53 Å². The predicted molar refractivity (Wildman–Crippen MR) is 107 cm³/mol. The number of rotatable bonds is 3. The van der Waals surface area contributed by atoms with Crippen molar-refractivity contribution in [1.29, 1.82) is 0 Å². The van der Waals surface area contributed by atoms with Gasteiger partial charge in [0.05, 0.1) is 15.6 Å². The molecule has 7 heteroatoms. The summed E-state index contributed by atoms with van der Waals surface area (Å²) in [6, 6.07) is 2.00. The van der Waals surface area contributed by atoms with E-state index in [-0.39, 0.29) is 11.5 Å². The van der Waals surface area contributed by atoms with Crippen LogP contribution in [-0.2, 0) is 9.53 Å². The molecule has 1 amide bonds. The molecule has 1 aromatic rings. The van der Waals surface area contributed by atoms with Gasteiger partial charge in [-0.15, -0.1) is 0 Å². The van der Waals surface area contributed by atoms with Gasteiger partial charge in [-0.1, -0.05) is 23.2 Å². The minimum atomic E-state index is 0.0726. The first-order valence-corrected chi connectivity index (χ1v) is 10.8. The number of likely N-dealkylation sites (tertiary alicyclic amines) is 1. The summed E-state index contributed by atoms with van der Waals surface area (Å²) >= 11 is 12.1. The van der Waals surface area contributed by atoms with E-state index in [1.807, 2.05) is 0 Å². The highest BCUT2D eigenvalue weighted by atomic mass is 35.5. The molecule has 2 saturated heterocycles. The Labute approximate surface area is 170 Å². The molecule has 4 rings (SSSR count). The number of hydrogen-bond acceptors (Lipinski definition) is 4. The van der Waals surface area contributed by atoms with E-state index in [0.717, 1.165) is 71.1 Å². The maximum absolute atomic E-state index is 12.9. The highest BCUT2D eigenvalue weighted by Gasteiger charge is 2.40. The summed E-state index contributed by atoms with van der Waals surface area (Å²) in [5.41, 5.74) is 0.0726. The van der Waals surface area contributed by atoms with Crippen LogP contribution in [-0.4, -0.2) is 47.1 Å². The second-order valence-corrected chi connectivity index (χ2v) is 8.98. The Hall–Kier alpha value is -1.04. The van der Waals surface area contributed by atoms with Crippen LogP contribution in [0.3, 0.4) is 0 Å². The van der Waals surface area contributed by atoms with Crippen molar-refractivity contribution in [2.24, 2.45) is 5.92 Å². The fourth-order valence-corrected chi connectivity index (χ4v) is 5.18. The molecule has 1 N–H and O–H groups in total. The molecule has 1 aromatic heterocycles. The molecule has 3 fully saturated rings. The maximum atomic E-state index is 12.9. The van der Waals surface area contributed by atoms with Crippen molar-refractivity contribution >= 4 is 34.9 Å². The van der Waals surface area contributed by atoms with E-state index in [4.69, 9.17) is 27.9 Å². The van der Waals surface area contributed by atoms with E-state index in [2.05, 4.69) is 15.2 Å². The number of aromatic nitrogens is 1. The maximum Gasteiger partial charge on any atom is 0.225 e. The van der Waals surface area contributed by atoms with Gasteiger partial charge in [0.2, 0.25) is 5.91 Å². The van der Waals surface area contributed by atoms with Gasteiger partial charge in [-0.2, -0.15) is 0 Å². The second kappa shape index (κ2) is 8.14. The van der Waals surface area contributed by atoms with Gasteiger partial charge in [0.1, 0.15) is 5.82 Å². The van der Waals surface area contributed by atoms with Gasteiger partial charge in [0.25, 0.3) is 0 Å². The van der Waals surface area contributed by atoms with Crippen molar-refractivity contribution in [1.82, 2.24) is 9.88 Å². The Bertz CT molecular complexity index is 676. The van der Waals surface area contributed by atoms with Crippen LogP contribution in [0.2, 0.25) is 10.0 Å². The van der Waals surface area contributed by atoms with E-state index in [1.54, 1.807) is 12.3 Å². The molecule has 3 heterocycles. The molecule has 27 heavy (non-hydrogen) atoms. The first kappa shape index (κ1) is 19.3. The molecular weight excluding hydrogens is 385 g/mol. The lowest BCUT2D eigenvalue weighted by Crippen LogP contribution is -2.48. The topological polar surface area (TPSA) is 54.5 Å². The fourth-order valence-electron chi connectivity index (χ4n) is 4.74. The van der Waals surface area contributed by atoms with Crippen LogP contribution in [0.25, 0.3) is 0 Å². The molecule has 2 aliphatic heterocycles. The number of ether oxygens (including phenoxy) is 1. The molecule has 0 radical (unpaired) electrons. The molecule has 0 aromatic carbocycles. The lowest BCUT2D eigenvalue weighted by molar-refractivity contribution is -0.141. The molecule has 1 saturated carbocycles. The lowest BCUT2D eigenvalue weighted by atomic mass is 9.83. The van der Waals surface area contributed by atoms with Crippen molar-refractivity contribution in [3.63, 3.8) is 0 Å². The third-order valence-electron chi connectivity index (χ3n) is 6.40. The zero-order valence-corrected chi connectivity index (χ0v) is 17.1. The zero-order valence-electron chi connectivity index (χ0n) is 15.6. The van der Waals surface area contributed by atoms with Crippen molar-refractivity contribution in [3.05, 3.63) is 22.3 Å². The number of piperidine rings is 1. The minimum Gasteiger partial charge on any atom is -0.375 e. The monoisotopic (exact) mass is 411 g/mol. The van der Waals surface area contributed by atoms with Crippen LogP contribution in [0.4, 0.5) is 5.82 Å². The van der Waals surface area contributed by atoms with E-state index in [0.29, 0.717) is 27.8 Å². The minimum absolute atomic E-state index is 0.0726. The van der Waals surface area contributed by atoms with Crippen LogP contribution in [0.15, 0.2) is 12.3 Å². The van der Waals surface area contributed by atoms with Gasteiger partial charge >= 0.3 is 0 Å². The Morgan fingerprint density at radius 1 is 1.19 bits per heavy atom. The highest BCUT2D eigenvalue weighted by Crippen LogP contribution is 2.37. The Balaban J connectivity index is 1.26. The van der Waals surface area contributed by atoms with Crippen LogP contribution in [0, 0.1) is 5.92 Å². The largest absolute Gasteiger partial charge is 0.375 e. The van der Waals surface area contributed by atoms with Crippen LogP contribution >= 0.6 is 23.2 Å². The quantitative estimate of drug-likeness (QED) is 0.793. The average molecular weight is 412 g/mol. The van der Waals surface area contributed by atoms with Gasteiger partial charge < -0.3 is 15.0 Å². The molecular formula is C20H27Cl2N3O2. The number of carbonyl (C=O) groups is 1. The van der Waals surface area contributed by atoms with Crippen LogP contribution < -0.4 is 5.32 Å². The van der Waals surface area contributed by atoms with Crippen molar-refractivity contribution in [2.75, 3.05) is 25.0 Å². The normalized spacial score (nSPS) is 27.7. The van der Waals surface area contributed by atoms with Crippen molar-refractivity contribution in [2.45, 2.75) is 63.0 Å². The smallest absolute Gasteiger partial charge is 0.225 e. The summed E-state index contributed by atoms with van der Waals surface area (Å²) in [5, 5.41) is 4.48. The molecule has 0 bridgehead atoms. The second-order valence-electron chi connectivity index (χ2n) is 8.14. The fraction of sp³-hybridized carbons (Fsp3) is 0.700. The summed E-state index contributed by atoms with van der Waals surface area (Å²) in [6.07, 6.45) is 9.66. The SMILES string of the molecule is O=C(C1CCC(Nc2ncc(Cl)cc2Cl)CC1)N1CCC2(CCCO2)CC1. The van der Waals surface area contributed by atoms with E-state index in [9.17, 15) is 4.79 Å². The number of anilines is 1. The Morgan fingerprint density at radius 2 is 1.93 bits per heavy atom. The summed E-state index contributed by atoms with van der Waals surface area (Å²) in [7, 11) is 0. The van der Waals surface area contributed by atoms with Gasteiger partial charge in [-0.05, 0) is 57.4 Å².